The van der Waals surface area contributed by atoms with Crippen molar-refractivity contribution in [2.45, 2.75) is 78.0 Å². The van der Waals surface area contributed by atoms with Crippen molar-refractivity contribution in [1.82, 2.24) is 0 Å². The Balaban J connectivity index is 2.69. The zero-order valence-corrected chi connectivity index (χ0v) is 14.1. The molecular formula is C16H29NO4. The van der Waals surface area contributed by atoms with Crippen LogP contribution >= 0.6 is 0 Å². The first kappa shape index (κ1) is 18.0. The maximum Gasteiger partial charge on any atom is 0.311 e. The van der Waals surface area contributed by atoms with Crippen LogP contribution in [-0.4, -0.2) is 29.2 Å². The summed E-state index contributed by atoms with van der Waals surface area (Å²) >= 11 is 0. The third kappa shape index (κ3) is 6.04. The van der Waals surface area contributed by atoms with Crippen LogP contribution < -0.4 is 5.73 Å². The molecule has 0 bridgehead atoms. The van der Waals surface area contributed by atoms with Gasteiger partial charge in [-0.05, 0) is 60.3 Å². The van der Waals surface area contributed by atoms with Crippen LogP contribution in [0.2, 0.25) is 0 Å². The molecule has 122 valence electrons. The van der Waals surface area contributed by atoms with Gasteiger partial charge < -0.3 is 15.2 Å². The molecule has 0 amide bonds. The fourth-order valence-corrected chi connectivity index (χ4v) is 2.68. The molecular weight excluding hydrogens is 270 g/mol. The summed E-state index contributed by atoms with van der Waals surface area (Å²) in [6, 6.07) is -0.243. The van der Waals surface area contributed by atoms with Crippen molar-refractivity contribution in [1.29, 1.82) is 0 Å². The van der Waals surface area contributed by atoms with Gasteiger partial charge in [-0.1, -0.05) is 0 Å². The van der Waals surface area contributed by atoms with E-state index in [0.29, 0.717) is 0 Å². The first-order valence-electron chi connectivity index (χ1n) is 7.59. The lowest BCUT2D eigenvalue weighted by molar-refractivity contribution is -0.163. The molecule has 5 nitrogen and oxygen atoms in total. The van der Waals surface area contributed by atoms with Gasteiger partial charge in [0.2, 0.25) is 0 Å². The zero-order valence-electron chi connectivity index (χ0n) is 14.1. The maximum atomic E-state index is 12.3. The molecule has 0 aromatic rings. The summed E-state index contributed by atoms with van der Waals surface area (Å²) in [5.74, 6) is -1.10. The summed E-state index contributed by atoms with van der Waals surface area (Å²) in [5, 5.41) is 0. The van der Waals surface area contributed by atoms with E-state index >= 15 is 0 Å². The second-order valence-corrected chi connectivity index (χ2v) is 7.85. The largest absolute Gasteiger partial charge is 0.460 e. The number of hydrogen-bond donors (Lipinski definition) is 1. The number of hydrogen-bond acceptors (Lipinski definition) is 5. The Morgan fingerprint density at radius 3 is 2.00 bits per heavy atom. The van der Waals surface area contributed by atoms with Crippen molar-refractivity contribution in [2.75, 3.05) is 0 Å². The second kappa shape index (κ2) is 6.34. The van der Waals surface area contributed by atoms with Gasteiger partial charge in [-0.3, -0.25) is 9.59 Å². The summed E-state index contributed by atoms with van der Waals surface area (Å²) in [5.41, 5.74) is 4.98. The smallest absolute Gasteiger partial charge is 0.311 e. The third-order valence-electron chi connectivity index (χ3n) is 3.37. The van der Waals surface area contributed by atoms with Crippen LogP contribution in [0.4, 0.5) is 0 Å². The number of carbonyl (C=O) groups is 2. The maximum absolute atomic E-state index is 12.3. The SMILES string of the molecule is CC(C)(C)OC(=O)C[C@H]1CC[C@@H](N)[C@@H]1C(=O)OC(C)(C)C. The lowest BCUT2D eigenvalue weighted by atomic mass is 9.91. The Labute approximate surface area is 127 Å². The number of ether oxygens (including phenoxy) is 2. The minimum absolute atomic E-state index is 0.0929. The molecule has 3 atom stereocenters. The van der Waals surface area contributed by atoms with Crippen molar-refractivity contribution < 1.29 is 19.1 Å². The summed E-state index contributed by atoms with van der Waals surface area (Å²) < 4.78 is 10.8. The summed E-state index contributed by atoms with van der Waals surface area (Å²) in [4.78, 5) is 24.3. The molecule has 0 radical (unpaired) electrons. The van der Waals surface area contributed by atoms with Crippen molar-refractivity contribution in [3.8, 4) is 0 Å². The van der Waals surface area contributed by atoms with Crippen LogP contribution in [-0.2, 0) is 19.1 Å². The van der Waals surface area contributed by atoms with E-state index in [9.17, 15) is 9.59 Å². The fourth-order valence-electron chi connectivity index (χ4n) is 2.68. The van der Waals surface area contributed by atoms with E-state index in [-0.39, 0.29) is 30.3 Å². The van der Waals surface area contributed by atoms with Gasteiger partial charge in [0, 0.05) is 12.5 Å². The van der Waals surface area contributed by atoms with E-state index in [1.807, 2.05) is 41.5 Å². The molecule has 0 saturated heterocycles. The Morgan fingerprint density at radius 2 is 1.52 bits per heavy atom. The number of rotatable bonds is 3. The predicted octanol–water partition coefficient (Wildman–Crippen LogP) is 2.41. The van der Waals surface area contributed by atoms with Gasteiger partial charge in [0.1, 0.15) is 11.2 Å². The van der Waals surface area contributed by atoms with Crippen molar-refractivity contribution >= 4 is 11.9 Å². The molecule has 2 N–H and O–H groups in total. The van der Waals surface area contributed by atoms with Crippen molar-refractivity contribution in [2.24, 2.45) is 17.6 Å². The molecule has 1 fully saturated rings. The molecule has 0 aromatic heterocycles. The van der Waals surface area contributed by atoms with E-state index in [2.05, 4.69) is 0 Å². The Kier molecular flexibility index (Phi) is 5.42. The van der Waals surface area contributed by atoms with Gasteiger partial charge in [-0.2, -0.15) is 0 Å². The summed E-state index contributed by atoms with van der Waals surface area (Å²) in [6.07, 6.45) is 1.70. The number of nitrogens with two attached hydrogens (primary N) is 1. The van der Waals surface area contributed by atoms with Gasteiger partial charge in [-0.25, -0.2) is 0 Å². The molecule has 0 heterocycles. The van der Waals surface area contributed by atoms with Crippen LogP contribution in [0.1, 0.15) is 60.8 Å². The van der Waals surface area contributed by atoms with Crippen molar-refractivity contribution in [3.63, 3.8) is 0 Å². The van der Waals surface area contributed by atoms with E-state index in [1.165, 1.54) is 0 Å². The Morgan fingerprint density at radius 1 is 1.00 bits per heavy atom. The minimum atomic E-state index is -0.546. The first-order chi connectivity index (χ1) is 9.39. The van der Waals surface area contributed by atoms with Crippen LogP contribution in [0.3, 0.4) is 0 Å². The number of esters is 2. The molecule has 0 spiro atoms. The van der Waals surface area contributed by atoms with Crippen LogP contribution in [0.15, 0.2) is 0 Å². The average Bonchev–Trinajstić information content (AvgIpc) is 2.53. The highest BCUT2D eigenvalue weighted by molar-refractivity contribution is 5.77. The molecule has 0 aliphatic heterocycles. The molecule has 21 heavy (non-hydrogen) atoms. The standard InChI is InChI=1S/C16H29NO4/c1-15(2,3)20-12(18)9-10-7-8-11(17)13(10)14(19)21-16(4,5)6/h10-11,13H,7-9,17H2,1-6H3/t10-,11-,13-/m1/s1. The van der Waals surface area contributed by atoms with Crippen LogP contribution in [0.5, 0.6) is 0 Å². The molecule has 0 unspecified atom stereocenters. The topological polar surface area (TPSA) is 78.6 Å². The molecule has 1 aliphatic rings. The van der Waals surface area contributed by atoms with Gasteiger partial charge in [0.05, 0.1) is 5.92 Å². The lowest BCUT2D eigenvalue weighted by Crippen LogP contribution is -2.39. The predicted molar refractivity (Wildman–Crippen MR) is 80.5 cm³/mol. The monoisotopic (exact) mass is 299 g/mol. The lowest BCUT2D eigenvalue weighted by Gasteiger charge is -2.27. The quantitative estimate of drug-likeness (QED) is 0.810. The molecule has 1 rings (SSSR count). The van der Waals surface area contributed by atoms with Gasteiger partial charge >= 0.3 is 11.9 Å². The van der Waals surface area contributed by atoms with Crippen LogP contribution in [0.25, 0.3) is 0 Å². The third-order valence-corrected chi connectivity index (χ3v) is 3.37. The normalized spacial score (nSPS) is 26.5. The second-order valence-electron chi connectivity index (χ2n) is 7.85. The van der Waals surface area contributed by atoms with Gasteiger partial charge in [-0.15, -0.1) is 0 Å². The van der Waals surface area contributed by atoms with Gasteiger partial charge in [0.15, 0.2) is 0 Å². The van der Waals surface area contributed by atoms with E-state index in [0.717, 1.165) is 12.8 Å². The Bertz CT molecular complexity index is 392. The zero-order chi connectivity index (χ0) is 16.4. The highest BCUT2D eigenvalue weighted by atomic mass is 16.6. The molecule has 1 aliphatic carbocycles. The van der Waals surface area contributed by atoms with Crippen molar-refractivity contribution in [3.05, 3.63) is 0 Å². The summed E-state index contributed by atoms with van der Waals surface area (Å²) in [7, 11) is 0. The van der Waals surface area contributed by atoms with E-state index in [1.54, 1.807) is 0 Å². The van der Waals surface area contributed by atoms with Crippen LogP contribution in [0, 0.1) is 11.8 Å². The fraction of sp³-hybridized carbons (Fsp3) is 0.875. The van der Waals surface area contributed by atoms with E-state index in [4.69, 9.17) is 15.2 Å². The first-order valence-corrected chi connectivity index (χ1v) is 7.59. The molecule has 0 aromatic carbocycles. The molecule has 5 heteroatoms. The average molecular weight is 299 g/mol. The minimum Gasteiger partial charge on any atom is -0.460 e. The highest BCUT2D eigenvalue weighted by Crippen LogP contribution is 2.35. The van der Waals surface area contributed by atoms with Gasteiger partial charge in [0.25, 0.3) is 0 Å². The summed E-state index contributed by atoms with van der Waals surface area (Å²) in [6.45, 7) is 11.0. The highest BCUT2D eigenvalue weighted by Gasteiger charge is 2.42. The number of carbonyl (C=O) groups excluding carboxylic acids is 2. The van der Waals surface area contributed by atoms with E-state index < -0.39 is 17.1 Å². The Hall–Kier alpha value is -1.10. The molecule has 1 saturated carbocycles.